The summed E-state index contributed by atoms with van der Waals surface area (Å²) in [5, 5.41) is 0.570. The summed E-state index contributed by atoms with van der Waals surface area (Å²) in [6, 6.07) is 7.68. The number of aromatic nitrogens is 1. The molecule has 7 heteroatoms. The fourth-order valence-corrected chi connectivity index (χ4v) is 4.12. The van der Waals surface area contributed by atoms with Gasteiger partial charge in [-0.05, 0) is 57.1 Å². The summed E-state index contributed by atoms with van der Waals surface area (Å²) >= 11 is 0. The van der Waals surface area contributed by atoms with Crippen molar-refractivity contribution in [2.75, 3.05) is 6.61 Å². The van der Waals surface area contributed by atoms with Crippen LogP contribution in [0.25, 0.3) is 10.9 Å². The van der Waals surface area contributed by atoms with Gasteiger partial charge in [-0.1, -0.05) is 19.1 Å². The monoisotopic (exact) mass is 409 g/mol. The second kappa shape index (κ2) is 9.01. The van der Waals surface area contributed by atoms with Crippen molar-refractivity contribution in [1.29, 1.82) is 0 Å². The van der Waals surface area contributed by atoms with Crippen LogP contribution in [0.5, 0.6) is 5.75 Å². The van der Waals surface area contributed by atoms with Crippen molar-refractivity contribution in [2.24, 2.45) is 11.8 Å². The van der Waals surface area contributed by atoms with Gasteiger partial charge in [0.05, 0.1) is 24.1 Å². The Balaban J connectivity index is 1.73. The number of pyridine rings is 1. The minimum absolute atomic E-state index is 0.130. The van der Waals surface area contributed by atoms with Crippen molar-refractivity contribution in [3.05, 3.63) is 36.0 Å². The Bertz CT molecular complexity index is 845. The summed E-state index contributed by atoms with van der Waals surface area (Å²) < 4.78 is 50.9. The van der Waals surface area contributed by atoms with Crippen molar-refractivity contribution in [2.45, 2.75) is 58.2 Å². The third-order valence-corrected chi connectivity index (χ3v) is 5.58. The van der Waals surface area contributed by atoms with Crippen LogP contribution in [0.1, 0.15) is 51.6 Å². The zero-order valence-corrected chi connectivity index (χ0v) is 16.7. The van der Waals surface area contributed by atoms with E-state index in [-0.39, 0.29) is 35.2 Å². The van der Waals surface area contributed by atoms with Gasteiger partial charge in [-0.15, -0.1) is 0 Å². The Hall–Kier alpha value is -2.31. The van der Waals surface area contributed by atoms with Gasteiger partial charge in [-0.25, -0.2) is 4.98 Å². The summed E-state index contributed by atoms with van der Waals surface area (Å²) in [5.41, 5.74) is -0.687. The lowest BCUT2D eigenvalue weighted by molar-refractivity contribution is -0.151. The molecule has 0 N–H and O–H groups in total. The smallest absolute Gasteiger partial charge is 0.433 e. The predicted octanol–water partition coefficient (Wildman–Crippen LogP) is 5.78. The molecule has 1 fully saturated rings. The molecule has 3 rings (SSSR count). The van der Waals surface area contributed by atoms with Crippen LogP contribution in [0.2, 0.25) is 0 Å². The molecule has 4 nitrogen and oxygen atoms in total. The first kappa shape index (κ1) is 21.4. The molecule has 0 bridgehead atoms. The van der Waals surface area contributed by atoms with Crippen LogP contribution in [0.15, 0.2) is 30.3 Å². The number of hydrogen-bond acceptors (Lipinski definition) is 4. The van der Waals surface area contributed by atoms with Crippen molar-refractivity contribution in [3.63, 3.8) is 0 Å². The van der Waals surface area contributed by atoms with Gasteiger partial charge < -0.3 is 9.47 Å². The quantitative estimate of drug-likeness (QED) is 0.568. The molecule has 1 aliphatic rings. The lowest BCUT2D eigenvalue weighted by Gasteiger charge is -2.32. The molecule has 0 aliphatic heterocycles. The molecular weight excluding hydrogens is 383 g/mol. The van der Waals surface area contributed by atoms with Crippen molar-refractivity contribution >= 4 is 16.9 Å². The predicted molar refractivity (Wildman–Crippen MR) is 104 cm³/mol. The number of carbonyl (C=O) groups is 1. The molecule has 0 amide bonds. The molecule has 1 atom stereocenters. The lowest BCUT2D eigenvalue weighted by Crippen LogP contribution is -2.32. The third kappa shape index (κ3) is 5.00. The molecule has 0 saturated heterocycles. The molecular formula is C22H26F3NO3. The highest BCUT2D eigenvalue weighted by molar-refractivity contribution is 5.85. The van der Waals surface area contributed by atoms with Gasteiger partial charge in [0, 0.05) is 11.5 Å². The van der Waals surface area contributed by atoms with E-state index in [9.17, 15) is 18.0 Å². The van der Waals surface area contributed by atoms with Crippen LogP contribution in [0.4, 0.5) is 13.2 Å². The van der Waals surface area contributed by atoms with Gasteiger partial charge in [0.1, 0.15) is 11.4 Å². The second-order valence-electron chi connectivity index (χ2n) is 7.44. The molecule has 2 aromatic rings. The van der Waals surface area contributed by atoms with Crippen LogP contribution >= 0.6 is 0 Å². The van der Waals surface area contributed by atoms with Gasteiger partial charge >= 0.3 is 12.1 Å². The summed E-state index contributed by atoms with van der Waals surface area (Å²) in [4.78, 5) is 15.9. The number of halogens is 3. The van der Waals surface area contributed by atoms with E-state index in [4.69, 9.17) is 9.47 Å². The Kier molecular flexibility index (Phi) is 6.65. The fourth-order valence-electron chi connectivity index (χ4n) is 4.12. The fraction of sp³-hybridized carbons (Fsp3) is 0.545. The normalized spacial score (nSPS) is 21.0. The molecule has 158 valence electrons. The topological polar surface area (TPSA) is 48.4 Å². The van der Waals surface area contributed by atoms with Gasteiger partial charge in [-0.3, -0.25) is 4.79 Å². The SMILES string of the molecule is CCOC(=O)C(CC)C1CCC(Oc2cc(C(F)(F)F)nc3ccccc23)CC1. The molecule has 0 radical (unpaired) electrons. The zero-order valence-electron chi connectivity index (χ0n) is 16.7. The molecule has 29 heavy (non-hydrogen) atoms. The Morgan fingerprint density at radius 3 is 2.48 bits per heavy atom. The zero-order chi connectivity index (χ0) is 21.0. The number of alkyl halides is 3. The number of hydrogen-bond donors (Lipinski definition) is 0. The summed E-state index contributed by atoms with van der Waals surface area (Å²) in [6.45, 7) is 4.14. The molecule has 1 aromatic heterocycles. The lowest BCUT2D eigenvalue weighted by atomic mass is 9.78. The van der Waals surface area contributed by atoms with Crippen LogP contribution in [0, 0.1) is 11.8 Å². The number of fused-ring (bicyclic) bond motifs is 1. The van der Waals surface area contributed by atoms with E-state index in [2.05, 4.69) is 4.98 Å². The first-order valence-corrected chi connectivity index (χ1v) is 10.1. The maximum absolute atomic E-state index is 13.2. The van der Waals surface area contributed by atoms with Gasteiger partial charge in [0.25, 0.3) is 0 Å². The number of ether oxygens (including phenoxy) is 2. The third-order valence-electron chi connectivity index (χ3n) is 5.58. The first-order chi connectivity index (χ1) is 13.8. The van der Waals surface area contributed by atoms with Crippen molar-refractivity contribution < 1.29 is 27.4 Å². The van der Waals surface area contributed by atoms with E-state index < -0.39 is 11.9 Å². The van der Waals surface area contributed by atoms with Crippen molar-refractivity contribution in [1.82, 2.24) is 4.98 Å². The van der Waals surface area contributed by atoms with E-state index >= 15 is 0 Å². The Labute approximate surface area is 168 Å². The number of para-hydroxylation sites is 1. The first-order valence-electron chi connectivity index (χ1n) is 10.1. The van der Waals surface area contributed by atoms with E-state index in [1.165, 1.54) is 0 Å². The van der Waals surface area contributed by atoms with Crippen LogP contribution in [0.3, 0.4) is 0 Å². The standard InChI is InChI=1S/C22H26F3NO3/c1-3-16(21(27)28-4-2)14-9-11-15(12-10-14)29-19-13-20(22(23,24)25)26-18-8-6-5-7-17(18)19/h5-8,13-16H,3-4,9-12H2,1-2H3. The molecule has 1 aromatic carbocycles. The molecule has 1 saturated carbocycles. The Morgan fingerprint density at radius 2 is 1.86 bits per heavy atom. The van der Waals surface area contributed by atoms with Crippen molar-refractivity contribution in [3.8, 4) is 5.75 Å². The van der Waals surface area contributed by atoms with Gasteiger partial charge in [0.2, 0.25) is 0 Å². The summed E-state index contributed by atoms with van der Waals surface area (Å²) in [7, 11) is 0. The van der Waals surface area contributed by atoms with E-state index in [0.717, 1.165) is 25.3 Å². The number of rotatable bonds is 6. The van der Waals surface area contributed by atoms with Gasteiger partial charge in [0.15, 0.2) is 0 Å². The molecule has 0 spiro atoms. The highest BCUT2D eigenvalue weighted by Crippen LogP contribution is 2.38. The maximum Gasteiger partial charge on any atom is 0.433 e. The van der Waals surface area contributed by atoms with E-state index in [1.807, 2.05) is 6.92 Å². The average Bonchev–Trinajstić information content (AvgIpc) is 2.69. The van der Waals surface area contributed by atoms with Gasteiger partial charge in [-0.2, -0.15) is 13.2 Å². The number of esters is 1. The van der Waals surface area contributed by atoms with E-state index in [1.54, 1.807) is 31.2 Å². The highest BCUT2D eigenvalue weighted by Gasteiger charge is 2.35. The van der Waals surface area contributed by atoms with Crippen LogP contribution < -0.4 is 4.74 Å². The number of nitrogens with zero attached hydrogens (tertiary/aromatic N) is 1. The maximum atomic E-state index is 13.2. The highest BCUT2D eigenvalue weighted by atomic mass is 19.4. The molecule has 1 unspecified atom stereocenters. The minimum atomic E-state index is -4.53. The number of carbonyl (C=O) groups excluding carboxylic acids is 1. The number of benzene rings is 1. The molecule has 1 aliphatic carbocycles. The Morgan fingerprint density at radius 1 is 1.17 bits per heavy atom. The average molecular weight is 409 g/mol. The summed E-state index contributed by atoms with van der Waals surface area (Å²) in [6.07, 6.45) is -1.03. The van der Waals surface area contributed by atoms with Crippen LogP contribution in [-0.4, -0.2) is 23.7 Å². The molecule has 1 heterocycles. The van der Waals surface area contributed by atoms with E-state index in [0.29, 0.717) is 24.8 Å². The van der Waals surface area contributed by atoms with Crippen LogP contribution in [-0.2, 0) is 15.7 Å². The minimum Gasteiger partial charge on any atom is -0.490 e. The largest absolute Gasteiger partial charge is 0.490 e. The summed E-state index contributed by atoms with van der Waals surface area (Å²) in [5.74, 6) is 0.145. The second-order valence-corrected chi connectivity index (χ2v) is 7.44.